The van der Waals surface area contributed by atoms with Crippen LogP contribution in [-0.4, -0.2) is 14.2 Å². The lowest BCUT2D eigenvalue weighted by atomic mass is 10.0. The normalized spacial score (nSPS) is 10.8. The predicted octanol–water partition coefficient (Wildman–Crippen LogP) is 6.09. The van der Waals surface area contributed by atoms with Gasteiger partial charge in [0.1, 0.15) is 11.4 Å². The minimum Gasteiger partial charge on any atom is -0.497 e. The van der Waals surface area contributed by atoms with Crippen molar-refractivity contribution in [1.29, 1.82) is 0 Å². The molecule has 3 rings (SSSR count). The van der Waals surface area contributed by atoms with Crippen LogP contribution in [0, 0.1) is 6.92 Å². The summed E-state index contributed by atoms with van der Waals surface area (Å²) in [6, 6.07) is 21.6. The summed E-state index contributed by atoms with van der Waals surface area (Å²) in [5.74, 6) is 1.51. The van der Waals surface area contributed by atoms with Crippen LogP contribution in [0.1, 0.15) is 5.56 Å². The van der Waals surface area contributed by atoms with E-state index in [-0.39, 0.29) is 0 Å². The van der Waals surface area contributed by atoms with Crippen molar-refractivity contribution in [3.8, 4) is 22.6 Å². The molecule has 4 nitrogen and oxygen atoms in total. The molecule has 0 fully saturated rings. The minimum atomic E-state index is 0.706. The second-order valence-electron chi connectivity index (χ2n) is 5.63. The first kappa shape index (κ1) is 16.7. The van der Waals surface area contributed by atoms with Crippen molar-refractivity contribution in [3.63, 3.8) is 0 Å². The average Bonchev–Trinajstić information content (AvgIpc) is 2.67. The van der Waals surface area contributed by atoms with Gasteiger partial charge in [0, 0.05) is 5.56 Å². The molecule has 3 aromatic carbocycles. The van der Waals surface area contributed by atoms with Crippen molar-refractivity contribution in [2.75, 3.05) is 14.2 Å². The van der Waals surface area contributed by atoms with Gasteiger partial charge in [0.05, 0.1) is 19.9 Å². The molecular formula is C21H20N2O2. The first-order chi connectivity index (χ1) is 12.2. The van der Waals surface area contributed by atoms with Crippen LogP contribution in [0.2, 0.25) is 0 Å². The zero-order valence-corrected chi connectivity index (χ0v) is 14.6. The van der Waals surface area contributed by atoms with Crippen LogP contribution in [0.25, 0.3) is 11.1 Å². The number of aryl methyl sites for hydroxylation is 1. The Hall–Kier alpha value is -3.14. The monoisotopic (exact) mass is 332 g/mol. The van der Waals surface area contributed by atoms with Gasteiger partial charge < -0.3 is 9.47 Å². The van der Waals surface area contributed by atoms with Crippen LogP contribution >= 0.6 is 0 Å². The summed E-state index contributed by atoms with van der Waals surface area (Å²) in [7, 11) is 3.29. The summed E-state index contributed by atoms with van der Waals surface area (Å²) in [5, 5.41) is 8.73. The third-order valence-corrected chi connectivity index (χ3v) is 3.85. The van der Waals surface area contributed by atoms with Gasteiger partial charge in [0.15, 0.2) is 5.75 Å². The van der Waals surface area contributed by atoms with Crippen LogP contribution in [0.3, 0.4) is 0 Å². The number of methoxy groups -OCH3 is 2. The molecule has 0 spiro atoms. The van der Waals surface area contributed by atoms with Gasteiger partial charge in [0.2, 0.25) is 0 Å². The highest BCUT2D eigenvalue weighted by Gasteiger charge is 2.12. The van der Waals surface area contributed by atoms with Crippen molar-refractivity contribution in [3.05, 3.63) is 72.3 Å². The molecule has 126 valence electrons. The van der Waals surface area contributed by atoms with Gasteiger partial charge >= 0.3 is 0 Å². The lowest BCUT2D eigenvalue weighted by molar-refractivity contribution is 0.415. The van der Waals surface area contributed by atoms with Gasteiger partial charge in [-0.3, -0.25) is 0 Å². The fraction of sp³-hybridized carbons (Fsp3) is 0.143. The highest BCUT2D eigenvalue weighted by Crippen LogP contribution is 2.40. The van der Waals surface area contributed by atoms with Crippen LogP contribution in [-0.2, 0) is 0 Å². The summed E-state index contributed by atoms with van der Waals surface area (Å²) >= 11 is 0. The maximum absolute atomic E-state index is 5.64. The Bertz CT molecular complexity index is 872. The Labute approximate surface area is 147 Å². The standard InChI is InChI=1S/C21H20N2O2/c1-15-13-19(16-7-5-4-6-8-16)21(25-3)20(14-15)23-22-17-9-11-18(24-2)12-10-17/h4-14H,1-3H3. The first-order valence-corrected chi connectivity index (χ1v) is 8.01. The second kappa shape index (κ2) is 7.62. The molecule has 25 heavy (non-hydrogen) atoms. The molecule has 0 aromatic heterocycles. The molecule has 0 aliphatic heterocycles. The quantitative estimate of drug-likeness (QED) is 0.530. The smallest absolute Gasteiger partial charge is 0.154 e. The van der Waals surface area contributed by atoms with Crippen LogP contribution in [0.15, 0.2) is 77.0 Å². The molecule has 3 aromatic rings. The van der Waals surface area contributed by atoms with Crippen molar-refractivity contribution < 1.29 is 9.47 Å². The van der Waals surface area contributed by atoms with Crippen molar-refractivity contribution in [2.45, 2.75) is 6.92 Å². The van der Waals surface area contributed by atoms with Gasteiger partial charge in [-0.15, -0.1) is 5.11 Å². The fourth-order valence-corrected chi connectivity index (χ4v) is 2.64. The Morgan fingerprint density at radius 3 is 2.12 bits per heavy atom. The summed E-state index contributed by atoms with van der Waals surface area (Å²) in [6.07, 6.45) is 0. The van der Waals surface area contributed by atoms with Gasteiger partial charge in [0.25, 0.3) is 0 Å². The molecule has 0 unspecified atom stereocenters. The van der Waals surface area contributed by atoms with E-state index in [0.717, 1.165) is 28.1 Å². The Balaban J connectivity index is 2.00. The molecule has 0 atom stereocenters. The maximum Gasteiger partial charge on any atom is 0.154 e. The molecular weight excluding hydrogens is 312 g/mol. The third-order valence-electron chi connectivity index (χ3n) is 3.85. The Morgan fingerprint density at radius 2 is 1.48 bits per heavy atom. The average molecular weight is 332 g/mol. The van der Waals surface area contributed by atoms with Gasteiger partial charge in [-0.05, 0) is 54.4 Å². The number of azo groups is 1. The Kier molecular flexibility index (Phi) is 5.09. The zero-order chi connectivity index (χ0) is 17.6. The molecule has 0 aliphatic rings. The van der Waals surface area contributed by atoms with Gasteiger partial charge in [-0.25, -0.2) is 0 Å². The summed E-state index contributed by atoms with van der Waals surface area (Å²) in [6.45, 7) is 2.04. The van der Waals surface area contributed by atoms with Crippen LogP contribution in [0.5, 0.6) is 11.5 Å². The van der Waals surface area contributed by atoms with E-state index in [1.54, 1.807) is 14.2 Å². The van der Waals surface area contributed by atoms with Gasteiger partial charge in [-0.1, -0.05) is 30.3 Å². The van der Waals surface area contributed by atoms with E-state index >= 15 is 0 Å². The molecule has 0 saturated heterocycles. The zero-order valence-electron chi connectivity index (χ0n) is 14.6. The molecule has 0 bridgehead atoms. The Morgan fingerprint density at radius 1 is 0.760 bits per heavy atom. The van der Waals surface area contributed by atoms with E-state index in [1.165, 1.54) is 0 Å². The molecule has 0 aliphatic carbocycles. The number of hydrogen-bond donors (Lipinski definition) is 0. The predicted molar refractivity (Wildman–Crippen MR) is 100 cm³/mol. The number of hydrogen-bond acceptors (Lipinski definition) is 4. The number of benzene rings is 3. The lowest BCUT2D eigenvalue weighted by Gasteiger charge is -2.12. The van der Waals surface area contributed by atoms with Crippen molar-refractivity contribution in [1.82, 2.24) is 0 Å². The highest BCUT2D eigenvalue weighted by atomic mass is 16.5. The number of nitrogens with zero attached hydrogens (tertiary/aromatic N) is 2. The van der Waals surface area contributed by atoms with E-state index < -0.39 is 0 Å². The topological polar surface area (TPSA) is 43.2 Å². The van der Waals surface area contributed by atoms with E-state index in [2.05, 4.69) is 28.4 Å². The molecule has 0 heterocycles. The van der Waals surface area contributed by atoms with Gasteiger partial charge in [-0.2, -0.15) is 5.11 Å². The number of ether oxygens (including phenoxy) is 2. The molecule has 0 N–H and O–H groups in total. The second-order valence-corrected chi connectivity index (χ2v) is 5.63. The van der Waals surface area contributed by atoms with Crippen molar-refractivity contribution in [2.24, 2.45) is 10.2 Å². The molecule has 0 radical (unpaired) electrons. The third kappa shape index (κ3) is 3.86. The van der Waals surface area contributed by atoms with Crippen molar-refractivity contribution >= 4 is 11.4 Å². The molecule has 0 saturated carbocycles. The SMILES string of the molecule is COc1ccc(N=Nc2cc(C)cc(-c3ccccc3)c2OC)cc1. The van der Waals surface area contributed by atoms with E-state index in [1.807, 2.05) is 55.5 Å². The van der Waals surface area contributed by atoms with E-state index in [9.17, 15) is 0 Å². The molecule has 4 heteroatoms. The van der Waals surface area contributed by atoms with Crippen LogP contribution < -0.4 is 9.47 Å². The van der Waals surface area contributed by atoms with Crippen LogP contribution in [0.4, 0.5) is 11.4 Å². The summed E-state index contributed by atoms with van der Waals surface area (Å²) in [5.41, 5.74) is 4.65. The number of rotatable bonds is 5. The van der Waals surface area contributed by atoms with E-state index in [0.29, 0.717) is 11.4 Å². The largest absolute Gasteiger partial charge is 0.497 e. The highest BCUT2D eigenvalue weighted by molar-refractivity contribution is 5.77. The first-order valence-electron chi connectivity index (χ1n) is 8.01. The lowest BCUT2D eigenvalue weighted by Crippen LogP contribution is -1.90. The maximum atomic E-state index is 5.64. The summed E-state index contributed by atoms with van der Waals surface area (Å²) < 4.78 is 10.8. The minimum absolute atomic E-state index is 0.706. The molecule has 0 amide bonds. The fourth-order valence-electron chi connectivity index (χ4n) is 2.64. The van der Waals surface area contributed by atoms with E-state index in [4.69, 9.17) is 9.47 Å². The summed E-state index contributed by atoms with van der Waals surface area (Å²) in [4.78, 5) is 0.